The van der Waals surface area contributed by atoms with E-state index in [0.29, 0.717) is 6.54 Å². The monoisotopic (exact) mass is 257 g/mol. The van der Waals surface area contributed by atoms with E-state index < -0.39 is 0 Å². The molecule has 0 spiro atoms. The van der Waals surface area contributed by atoms with Gasteiger partial charge in [-0.15, -0.1) is 0 Å². The highest BCUT2D eigenvalue weighted by molar-refractivity contribution is 5.58. The Labute approximate surface area is 113 Å². The predicted molar refractivity (Wildman–Crippen MR) is 76.9 cm³/mol. The molecule has 0 fully saturated rings. The minimum Gasteiger partial charge on any atom is -0.312 e. The molecule has 0 unspecified atom stereocenters. The van der Waals surface area contributed by atoms with E-state index in [2.05, 4.69) is 17.3 Å². The lowest BCUT2D eigenvalue weighted by molar-refractivity contribution is 0.643. The van der Waals surface area contributed by atoms with Crippen LogP contribution < -0.4 is 10.9 Å². The maximum Gasteiger partial charge on any atom is 0.271 e. The summed E-state index contributed by atoms with van der Waals surface area (Å²) in [6.45, 7) is 3.60. The van der Waals surface area contributed by atoms with Gasteiger partial charge in [0.05, 0.1) is 5.69 Å². The fourth-order valence-electron chi connectivity index (χ4n) is 1.95. The van der Waals surface area contributed by atoms with Gasteiger partial charge in [-0.05, 0) is 19.0 Å². The van der Waals surface area contributed by atoms with E-state index in [1.54, 1.807) is 7.05 Å². The SMILES string of the molecule is CCCNCc1cc(-c2ccccc2)nn(C)c1=O. The lowest BCUT2D eigenvalue weighted by Gasteiger charge is -2.08. The maximum absolute atomic E-state index is 12.0. The Hall–Kier alpha value is -1.94. The number of nitrogens with zero attached hydrogens (tertiary/aromatic N) is 2. The Kier molecular flexibility index (Phi) is 4.47. The number of aryl methyl sites for hydroxylation is 1. The molecule has 100 valence electrons. The average molecular weight is 257 g/mol. The second kappa shape index (κ2) is 6.29. The molecule has 4 nitrogen and oxygen atoms in total. The molecule has 1 aromatic carbocycles. The van der Waals surface area contributed by atoms with E-state index in [4.69, 9.17) is 0 Å². The standard InChI is InChI=1S/C15H19N3O/c1-3-9-16-11-13-10-14(17-18(2)15(13)19)12-7-5-4-6-8-12/h4-8,10,16H,3,9,11H2,1-2H3. The van der Waals surface area contributed by atoms with Crippen LogP contribution in [0.5, 0.6) is 0 Å². The lowest BCUT2D eigenvalue weighted by Crippen LogP contribution is -2.27. The van der Waals surface area contributed by atoms with Crippen LogP contribution in [-0.2, 0) is 13.6 Å². The number of hydrogen-bond acceptors (Lipinski definition) is 3. The molecule has 0 atom stereocenters. The second-order valence-electron chi connectivity index (χ2n) is 4.53. The van der Waals surface area contributed by atoms with Crippen molar-refractivity contribution in [3.05, 3.63) is 52.3 Å². The summed E-state index contributed by atoms with van der Waals surface area (Å²) >= 11 is 0. The van der Waals surface area contributed by atoms with Gasteiger partial charge in [-0.1, -0.05) is 37.3 Å². The number of rotatable bonds is 5. The first-order valence-electron chi connectivity index (χ1n) is 6.55. The van der Waals surface area contributed by atoms with Crippen molar-refractivity contribution in [3.63, 3.8) is 0 Å². The Morgan fingerprint density at radius 3 is 2.68 bits per heavy atom. The summed E-state index contributed by atoms with van der Waals surface area (Å²) in [6, 6.07) is 11.8. The molecule has 1 heterocycles. The highest BCUT2D eigenvalue weighted by Gasteiger charge is 2.07. The highest BCUT2D eigenvalue weighted by atomic mass is 16.1. The van der Waals surface area contributed by atoms with Gasteiger partial charge in [-0.3, -0.25) is 4.79 Å². The number of nitrogens with one attached hydrogen (secondary N) is 1. The van der Waals surface area contributed by atoms with Gasteiger partial charge >= 0.3 is 0 Å². The molecule has 0 amide bonds. The fraction of sp³-hybridized carbons (Fsp3) is 0.333. The quantitative estimate of drug-likeness (QED) is 0.833. The Balaban J connectivity index is 2.34. The highest BCUT2D eigenvalue weighted by Crippen LogP contribution is 2.15. The molecule has 2 rings (SSSR count). The summed E-state index contributed by atoms with van der Waals surface area (Å²) in [7, 11) is 1.69. The van der Waals surface area contributed by atoms with Crippen molar-refractivity contribution >= 4 is 0 Å². The first kappa shape index (κ1) is 13.5. The Morgan fingerprint density at radius 1 is 1.26 bits per heavy atom. The van der Waals surface area contributed by atoms with E-state index in [1.807, 2.05) is 36.4 Å². The van der Waals surface area contributed by atoms with Crippen LogP contribution in [0.25, 0.3) is 11.3 Å². The number of aromatic nitrogens is 2. The van der Waals surface area contributed by atoms with Gasteiger partial charge in [0.2, 0.25) is 0 Å². The van der Waals surface area contributed by atoms with E-state index >= 15 is 0 Å². The van der Waals surface area contributed by atoms with Crippen LogP contribution in [0, 0.1) is 0 Å². The first-order valence-corrected chi connectivity index (χ1v) is 6.55. The molecule has 0 saturated carbocycles. The zero-order chi connectivity index (χ0) is 13.7. The van der Waals surface area contributed by atoms with Gasteiger partial charge in [0.25, 0.3) is 5.56 Å². The molecule has 4 heteroatoms. The normalized spacial score (nSPS) is 10.6. The van der Waals surface area contributed by atoms with Crippen molar-refractivity contribution in [1.29, 1.82) is 0 Å². The zero-order valence-electron chi connectivity index (χ0n) is 11.4. The van der Waals surface area contributed by atoms with Gasteiger partial charge < -0.3 is 5.32 Å². The molecule has 0 saturated heterocycles. The van der Waals surface area contributed by atoms with Crippen LogP contribution in [0.1, 0.15) is 18.9 Å². The topological polar surface area (TPSA) is 46.9 Å². The molecule has 0 bridgehead atoms. The summed E-state index contributed by atoms with van der Waals surface area (Å²) in [5, 5.41) is 7.57. The van der Waals surface area contributed by atoms with Crippen LogP contribution in [0.15, 0.2) is 41.2 Å². The number of benzene rings is 1. The fourth-order valence-corrected chi connectivity index (χ4v) is 1.95. The smallest absolute Gasteiger partial charge is 0.271 e. The maximum atomic E-state index is 12.0. The molecular formula is C15H19N3O. The van der Waals surface area contributed by atoms with Gasteiger partial charge in [-0.25, -0.2) is 4.68 Å². The van der Waals surface area contributed by atoms with E-state index in [-0.39, 0.29) is 5.56 Å². The Morgan fingerprint density at radius 2 is 2.00 bits per heavy atom. The predicted octanol–water partition coefficient (Wildman–Crippen LogP) is 1.95. The van der Waals surface area contributed by atoms with Crippen molar-refractivity contribution < 1.29 is 0 Å². The average Bonchev–Trinajstić information content (AvgIpc) is 2.44. The summed E-state index contributed by atoms with van der Waals surface area (Å²) in [4.78, 5) is 12.0. The van der Waals surface area contributed by atoms with Crippen molar-refractivity contribution in [3.8, 4) is 11.3 Å². The van der Waals surface area contributed by atoms with E-state index in [0.717, 1.165) is 29.8 Å². The zero-order valence-corrected chi connectivity index (χ0v) is 11.4. The summed E-state index contributed by atoms with van der Waals surface area (Å²) < 4.78 is 1.41. The largest absolute Gasteiger partial charge is 0.312 e. The van der Waals surface area contributed by atoms with E-state index in [1.165, 1.54) is 4.68 Å². The molecule has 2 aromatic rings. The number of hydrogen-bond donors (Lipinski definition) is 1. The minimum atomic E-state index is -0.0386. The van der Waals surface area contributed by atoms with Crippen molar-refractivity contribution in [1.82, 2.24) is 15.1 Å². The molecule has 0 aliphatic carbocycles. The Bertz CT molecular complexity index is 590. The lowest BCUT2D eigenvalue weighted by atomic mass is 10.1. The summed E-state index contributed by atoms with van der Waals surface area (Å²) in [5.41, 5.74) is 2.57. The molecule has 0 radical (unpaired) electrons. The summed E-state index contributed by atoms with van der Waals surface area (Å²) in [6.07, 6.45) is 1.05. The van der Waals surface area contributed by atoms with Gasteiger partial charge in [0.15, 0.2) is 0 Å². The summed E-state index contributed by atoms with van der Waals surface area (Å²) in [5.74, 6) is 0. The van der Waals surface area contributed by atoms with Gasteiger partial charge in [-0.2, -0.15) is 5.10 Å². The van der Waals surface area contributed by atoms with Crippen LogP contribution in [-0.4, -0.2) is 16.3 Å². The third-order valence-electron chi connectivity index (χ3n) is 2.95. The molecule has 0 aliphatic heterocycles. The third-order valence-corrected chi connectivity index (χ3v) is 2.95. The minimum absolute atomic E-state index is 0.0386. The van der Waals surface area contributed by atoms with Crippen LogP contribution in [0.2, 0.25) is 0 Å². The van der Waals surface area contributed by atoms with Crippen molar-refractivity contribution in [2.24, 2.45) is 7.05 Å². The van der Waals surface area contributed by atoms with Crippen molar-refractivity contribution in [2.45, 2.75) is 19.9 Å². The van der Waals surface area contributed by atoms with Gasteiger partial charge in [0.1, 0.15) is 0 Å². The van der Waals surface area contributed by atoms with Crippen LogP contribution >= 0.6 is 0 Å². The first-order chi connectivity index (χ1) is 9.22. The second-order valence-corrected chi connectivity index (χ2v) is 4.53. The molecule has 1 aromatic heterocycles. The third kappa shape index (κ3) is 3.29. The molecule has 1 N–H and O–H groups in total. The molecular weight excluding hydrogens is 238 g/mol. The van der Waals surface area contributed by atoms with Crippen molar-refractivity contribution in [2.75, 3.05) is 6.54 Å². The molecule has 19 heavy (non-hydrogen) atoms. The molecule has 0 aliphatic rings. The van der Waals surface area contributed by atoms with Gasteiger partial charge in [0, 0.05) is 24.7 Å². The van der Waals surface area contributed by atoms with Crippen LogP contribution in [0.4, 0.5) is 0 Å². The van der Waals surface area contributed by atoms with E-state index in [9.17, 15) is 4.79 Å². The van der Waals surface area contributed by atoms with Crippen LogP contribution in [0.3, 0.4) is 0 Å².